The maximum Gasteiger partial charge on any atom is 0.255 e. The third-order valence-electron chi connectivity index (χ3n) is 2.28. The van der Waals surface area contributed by atoms with E-state index >= 15 is 0 Å². The summed E-state index contributed by atoms with van der Waals surface area (Å²) in [4.78, 5) is 34.7. The molecule has 0 aromatic carbocycles. The smallest absolute Gasteiger partial charge is 0.255 e. The van der Waals surface area contributed by atoms with Crippen molar-refractivity contribution in [1.29, 1.82) is 0 Å². The molecule has 0 spiro atoms. The quantitative estimate of drug-likeness (QED) is 0.609. The van der Waals surface area contributed by atoms with Crippen LogP contribution in [0.1, 0.15) is 26.2 Å². The summed E-state index contributed by atoms with van der Waals surface area (Å²) in [7, 11) is 0. The number of hydrogen-bond acceptors (Lipinski definition) is 4. The van der Waals surface area contributed by atoms with Gasteiger partial charge in [-0.05, 0) is 6.42 Å². The van der Waals surface area contributed by atoms with Gasteiger partial charge in [-0.3, -0.25) is 19.3 Å². The molecule has 0 atom stereocenters. The lowest BCUT2D eigenvalue weighted by Crippen LogP contribution is -2.46. The van der Waals surface area contributed by atoms with Crippen LogP contribution in [0, 0.1) is 0 Å². The highest BCUT2D eigenvalue weighted by Gasteiger charge is 2.25. The first-order chi connectivity index (χ1) is 7.15. The molecular formula is C10H15NO4. The van der Waals surface area contributed by atoms with Crippen molar-refractivity contribution in [3.8, 4) is 0 Å². The molecule has 0 aliphatic carbocycles. The second-order valence-electron chi connectivity index (χ2n) is 3.43. The predicted molar refractivity (Wildman–Crippen MR) is 52.1 cm³/mol. The Balaban J connectivity index is 2.33. The van der Waals surface area contributed by atoms with Crippen molar-refractivity contribution < 1.29 is 19.1 Å². The van der Waals surface area contributed by atoms with E-state index < -0.39 is 0 Å². The Morgan fingerprint density at radius 3 is 2.47 bits per heavy atom. The fourth-order valence-corrected chi connectivity index (χ4v) is 1.38. The number of carbonyl (C=O) groups is 3. The third-order valence-corrected chi connectivity index (χ3v) is 2.28. The van der Waals surface area contributed by atoms with Gasteiger partial charge in [-0.25, -0.2) is 0 Å². The van der Waals surface area contributed by atoms with Gasteiger partial charge in [-0.2, -0.15) is 0 Å². The average molecular weight is 213 g/mol. The average Bonchev–Trinajstić information content (AvgIpc) is 2.22. The molecule has 0 radical (unpaired) electrons. The summed E-state index contributed by atoms with van der Waals surface area (Å²) >= 11 is 0. The van der Waals surface area contributed by atoms with Gasteiger partial charge in [0.15, 0.2) is 0 Å². The van der Waals surface area contributed by atoms with Gasteiger partial charge >= 0.3 is 0 Å². The van der Waals surface area contributed by atoms with Crippen molar-refractivity contribution in [3.63, 3.8) is 0 Å². The van der Waals surface area contributed by atoms with Gasteiger partial charge < -0.3 is 4.74 Å². The van der Waals surface area contributed by atoms with Crippen molar-refractivity contribution >= 4 is 17.6 Å². The van der Waals surface area contributed by atoms with Crippen LogP contribution >= 0.6 is 0 Å². The standard InChI is InChI=1S/C10H15NO4/c1-2-8(12)4-3-5-11-9(13)6-15-7-10(11)14/h2-7H2,1H3. The first-order valence-corrected chi connectivity index (χ1v) is 5.07. The fourth-order valence-electron chi connectivity index (χ4n) is 1.38. The molecule has 1 heterocycles. The SMILES string of the molecule is CCC(=O)CCCN1C(=O)COCC1=O. The Kier molecular flexibility index (Phi) is 4.42. The Morgan fingerprint density at radius 1 is 1.33 bits per heavy atom. The molecule has 1 fully saturated rings. The number of imide groups is 1. The number of Topliss-reactive ketones (excluding diaryl/α,β-unsaturated/α-hetero) is 1. The van der Waals surface area contributed by atoms with E-state index in [1.54, 1.807) is 6.92 Å². The van der Waals surface area contributed by atoms with E-state index in [2.05, 4.69) is 0 Å². The molecule has 0 N–H and O–H groups in total. The fraction of sp³-hybridized carbons (Fsp3) is 0.700. The van der Waals surface area contributed by atoms with Crippen LogP contribution in [0.25, 0.3) is 0 Å². The second-order valence-corrected chi connectivity index (χ2v) is 3.43. The minimum atomic E-state index is -0.310. The van der Waals surface area contributed by atoms with E-state index in [-0.39, 0.29) is 30.8 Å². The Morgan fingerprint density at radius 2 is 1.93 bits per heavy atom. The highest BCUT2D eigenvalue weighted by Crippen LogP contribution is 2.04. The highest BCUT2D eigenvalue weighted by atomic mass is 16.5. The van der Waals surface area contributed by atoms with Crippen molar-refractivity contribution in [1.82, 2.24) is 4.90 Å². The van der Waals surface area contributed by atoms with Gasteiger partial charge in [0.2, 0.25) is 0 Å². The molecule has 0 aromatic heterocycles. The normalized spacial score (nSPS) is 17.0. The maximum absolute atomic E-state index is 11.2. The van der Waals surface area contributed by atoms with Crippen LogP contribution in [0.4, 0.5) is 0 Å². The number of nitrogens with zero attached hydrogens (tertiary/aromatic N) is 1. The monoisotopic (exact) mass is 213 g/mol. The molecule has 84 valence electrons. The molecule has 1 saturated heterocycles. The Bertz CT molecular complexity index is 259. The molecular weight excluding hydrogens is 198 g/mol. The number of ketones is 1. The molecule has 0 aromatic rings. The Hall–Kier alpha value is -1.23. The minimum Gasteiger partial charge on any atom is -0.362 e. The van der Waals surface area contributed by atoms with Gasteiger partial charge in [-0.1, -0.05) is 6.92 Å². The number of morpholine rings is 1. The van der Waals surface area contributed by atoms with E-state index in [0.717, 1.165) is 0 Å². The number of amides is 2. The zero-order valence-corrected chi connectivity index (χ0v) is 8.82. The van der Waals surface area contributed by atoms with Gasteiger partial charge in [0, 0.05) is 19.4 Å². The zero-order chi connectivity index (χ0) is 11.3. The topological polar surface area (TPSA) is 63.7 Å². The lowest BCUT2D eigenvalue weighted by Gasteiger charge is -2.24. The summed E-state index contributed by atoms with van der Waals surface area (Å²) in [6.45, 7) is 2.06. The van der Waals surface area contributed by atoms with Crippen LogP contribution in [0.3, 0.4) is 0 Å². The van der Waals surface area contributed by atoms with Crippen LogP contribution < -0.4 is 0 Å². The van der Waals surface area contributed by atoms with E-state index in [1.165, 1.54) is 4.90 Å². The lowest BCUT2D eigenvalue weighted by molar-refractivity contribution is -0.158. The first kappa shape index (κ1) is 11.8. The van der Waals surface area contributed by atoms with Crippen LogP contribution in [0.5, 0.6) is 0 Å². The van der Waals surface area contributed by atoms with E-state index in [1.807, 2.05) is 0 Å². The number of ether oxygens (including phenoxy) is 1. The van der Waals surface area contributed by atoms with Gasteiger partial charge in [0.05, 0.1) is 0 Å². The molecule has 0 saturated carbocycles. The summed E-state index contributed by atoms with van der Waals surface area (Å²) in [5.41, 5.74) is 0. The summed E-state index contributed by atoms with van der Waals surface area (Å²) in [6, 6.07) is 0. The van der Waals surface area contributed by atoms with Crippen LogP contribution in [-0.4, -0.2) is 42.3 Å². The van der Waals surface area contributed by atoms with Gasteiger partial charge in [0.25, 0.3) is 11.8 Å². The summed E-state index contributed by atoms with van der Waals surface area (Å²) in [6.07, 6.45) is 1.48. The molecule has 15 heavy (non-hydrogen) atoms. The molecule has 0 bridgehead atoms. The van der Waals surface area contributed by atoms with E-state index in [4.69, 9.17) is 4.74 Å². The van der Waals surface area contributed by atoms with Crippen LogP contribution in [0.2, 0.25) is 0 Å². The first-order valence-electron chi connectivity index (χ1n) is 5.07. The second kappa shape index (κ2) is 5.60. The van der Waals surface area contributed by atoms with Crippen molar-refractivity contribution in [3.05, 3.63) is 0 Å². The highest BCUT2D eigenvalue weighted by molar-refractivity contribution is 5.98. The number of carbonyl (C=O) groups excluding carboxylic acids is 3. The summed E-state index contributed by atoms with van der Waals surface area (Å²) < 4.78 is 4.77. The molecule has 1 aliphatic heterocycles. The van der Waals surface area contributed by atoms with Gasteiger partial charge in [-0.15, -0.1) is 0 Å². The van der Waals surface area contributed by atoms with Crippen molar-refractivity contribution in [2.75, 3.05) is 19.8 Å². The molecule has 1 aliphatic rings. The minimum absolute atomic E-state index is 0.0343. The molecule has 2 amide bonds. The lowest BCUT2D eigenvalue weighted by atomic mass is 10.2. The predicted octanol–water partition coefficient (Wildman–Crippen LogP) is 0.131. The molecule has 0 unspecified atom stereocenters. The van der Waals surface area contributed by atoms with Crippen molar-refractivity contribution in [2.45, 2.75) is 26.2 Å². The maximum atomic E-state index is 11.2. The summed E-state index contributed by atoms with van der Waals surface area (Å²) in [5, 5.41) is 0. The van der Waals surface area contributed by atoms with E-state index in [0.29, 0.717) is 25.8 Å². The largest absolute Gasteiger partial charge is 0.362 e. The Labute approximate surface area is 88.4 Å². The zero-order valence-electron chi connectivity index (χ0n) is 8.82. The van der Waals surface area contributed by atoms with E-state index in [9.17, 15) is 14.4 Å². The summed E-state index contributed by atoms with van der Waals surface area (Å²) in [5.74, 6) is -0.464. The number of rotatable bonds is 5. The number of hydrogen-bond donors (Lipinski definition) is 0. The van der Waals surface area contributed by atoms with Crippen LogP contribution in [-0.2, 0) is 19.1 Å². The van der Waals surface area contributed by atoms with Crippen LogP contribution in [0.15, 0.2) is 0 Å². The molecule has 5 nitrogen and oxygen atoms in total. The van der Waals surface area contributed by atoms with Gasteiger partial charge in [0.1, 0.15) is 19.0 Å². The molecule has 5 heteroatoms. The molecule has 1 rings (SSSR count). The third kappa shape index (κ3) is 3.43. The van der Waals surface area contributed by atoms with Crippen molar-refractivity contribution in [2.24, 2.45) is 0 Å².